The molecule has 1 amide bonds. The van der Waals surface area contributed by atoms with E-state index in [4.69, 9.17) is 0 Å². The van der Waals surface area contributed by atoms with Gasteiger partial charge in [-0.15, -0.1) is 0 Å². The lowest BCUT2D eigenvalue weighted by Gasteiger charge is -2.12. The second-order valence-corrected chi connectivity index (χ2v) is 5.50. The zero-order valence-corrected chi connectivity index (χ0v) is 12.4. The van der Waals surface area contributed by atoms with E-state index in [0.717, 1.165) is 27.7 Å². The number of anilines is 1. The van der Waals surface area contributed by atoms with Crippen molar-refractivity contribution in [1.82, 2.24) is 4.98 Å². The van der Waals surface area contributed by atoms with Crippen LogP contribution in [0.25, 0.3) is 10.9 Å². The van der Waals surface area contributed by atoms with Crippen molar-refractivity contribution in [1.29, 1.82) is 0 Å². The Labute approximate surface area is 124 Å². The average molecular weight is 278 g/mol. The molecule has 0 saturated heterocycles. The number of carbonyl (C=O) groups is 1. The zero-order chi connectivity index (χ0) is 15.0. The first-order chi connectivity index (χ1) is 10.0. The Hall–Kier alpha value is -2.55. The zero-order valence-electron chi connectivity index (χ0n) is 12.4. The van der Waals surface area contributed by atoms with Crippen molar-refractivity contribution in [3.8, 4) is 0 Å². The Balaban J connectivity index is 1.93. The number of nitrogens with one attached hydrogen (secondary N) is 2. The van der Waals surface area contributed by atoms with Crippen LogP contribution in [0.2, 0.25) is 0 Å². The van der Waals surface area contributed by atoms with Gasteiger partial charge in [-0.3, -0.25) is 4.79 Å². The normalized spacial score (nSPS) is 10.8. The Morgan fingerprint density at radius 3 is 2.33 bits per heavy atom. The van der Waals surface area contributed by atoms with Crippen LogP contribution >= 0.6 is 0 Å². The van der Waals surface area contributed by atoms with Gasteiger partial charge in [0.15, 0.2) is 0 Å². The van der Waals surface area contributed by atoms with E-state index in [0.29, 0.717) is 5.69 Å². The van der Waals surface area contributed by atoms with Gasteiger partial charge in [0.05, 0.1) is 0 Å². The van der Waals surface area contributed by atoms with E-state index in [1.165, 1.54) is 5.56 Å². The SMILES string of the molecule is Cc1cc(C)c(NC(=O)c2cc3ccccc3[nH]2)c(C)c1. The van der Waals surface area contributed by atoms with E-state index in [1.54, 1.807) is 0 Å². The van der Waals surface area contributed by atoms with Crippen molar-refractivity contribution in [3.63, 3.8) is 0 Å². The molecule has 0 bridgehead atoms. The molecule has 106 valence electrons. The van der Waals surface area contributed by atoms with Crippen molar-refractivity contribution in [2.24, 2.45) is 0 Å². The third-order valence-electron chi connectivity index (χ3n) is 3.69. The summed E-state index contributed by atoms with van der Waals surface area (Å²) in [6.45, 7) is 6.09. The third kappa shape index (κ3) is 2.55. The number of aromatic amines is 1. The van der Waals surface area contributed by atoms with Gasteiger partial charge >= 0.3 is 0 Å². The third-order valence-corrected chi connectivity index (χ3v) is 3.69. The van der Waals surface area contributed by atoms with E-state index >= 15 is 0 Å². The van der Waals surface area contributed by atoms with Crippen LogP contribution in [0.3, 0.4) is 0 Å². The van der Waals surface area contributed by atoms with Gasteiger partial charge in [0.1, 0.15) is 5.69 Å². The van der Waals surface area contributed by atoms with Gasteiger partial charge in [0.2, 0.25) is 0 Å². The van der Waals surface area contributed by atoms with Gasteiger partial charge in [-0.1, -0.05) is 35.9 Å². The molecule has 3 aromatic rings. The maximum Gasteiger partial charge on any atom is 0.272 e. The number of hydrogen-bond acceptors (Lipinski definition) is 1. The molecule has 3 rings (SSSR count). The number of hydrogen-bond donors (Lipinski definition) is 2. The second kappa shape index (κ2) is 5.09. The number of para-hydroxylation sites is 1. The number of benzene rings is 2. The summed E-state index contributed by atoms with van der Waals surface area (Å²) < 4.78 is 0. The number of amides is 1. The van der Waals surface area contributed by atoms with Crippen LogP contribution in [-0.4, -0.2) is 10.9 Å². The minimum Gasteiger partial charge on any atom is -0.351 e. The number of aromatic nitrogens is 1. The maximum absolute atomic E-state index is 12.4. The summed E-state index contributed by atoms with van der Waals surface area (Å²) >= 11 is 0. The molecule has 0 fully saturated rings. The summed E-state index contributed by atoms with van der Waals surface area (Å²) in [6.07, 6.45) is 0. The molecule has 0 unspecified atom stereocenters. The van der Waals surface area contributed by atoms with Crippen LogP contribution in [0, 0.1) is 20.8 Å². The highest BCUT2D eigenvalue weighted by Crippen LogP contribution is 2.23. The molecular formula is C18H18N2O. The molecule has 0 saturated carbocycles. The van der Waals surface area contributed by atoms with Crippen LogP contribution in [0.15, 0.2) is 42.5 Å². The Morgan fingerprint density at radius 1 is 1.00 bits per heavy atom. The van der Waals surface area contributed by atoms with Crippen molar-refractivity contribution in [3.05, 3.63) is 64.8 Å². The van der Waals surface area contributed by atoms with Gasteiger partial charge in [0, 0.05) is 16.6 Å². The Morgan fingerprint density at radius 2 is 1.67 bits per heavy atom. The predicted octanol–water partition coefficient (Wildman–Crippen LogP) is 4.35. The van der Waals surface area contributed by atoms with Gasteiger partial charge in [0.25, 0.3) is 5.91 Å². The van der Waals surface area contributed by atoms with Crippen LogP contribution in [0.1, 0.15) is 27.2 Å². The molecule has 2 aromatic carbocycles. The Bertz CT molecular complexity index is 774. The summed E-state index contributed by atoms with van der Waals surface area (Å²) in [6, 6.07) is 13.9. The highest BCUT2D eigenvalue weighted by Gasteiger charge is 2.12. The molecule has 1 heterocycles. The number of aryl methyl sites for hydroxylation is 3. The van der Waals surface area contributed by atoms with Gasteiger partial charge in [-0.2, -0.15) is 0 Å². The van der Waals surface area contributed by atoms with Crippen LogP contribution in [0.4, 0.5) is 5.69 Å². The highest BCUT2D eigenvalue weighted by molar-refractivity contribution is 6.06. The summed E-state index contributed by atoms with van der Waals surface area (Å²) in [5, 5.41) is 4.05. The molecular weight excluding hydrogens is 260 g/mol. The average Bonchev–Trinajstić information content (AvgIpc) is 2.86. The largest absolute Gasteiger partial charge is 0.351 e. The molecule has 0 spiro atoms. The van der Waals surface area contributed by atoms with Gasteiger partial charge in [-0.25, -0.2) is 0 Å². The standard InChI is InChI=1S/C18H18N2O/c1-11-8-12(2)17(13(3)9-11)20-18(21)16-10-14-6-4-5-7-15(14)19-16/h4-10,19H,1-3H3,(H,20,21). The molecule has 3 heteroatoms. The molecule has 21 heavy (non-hydrogen) atoms. The molecule has 0 aliphatic carbocycles. The van der Waals surface area contributed by atoms with E-state index < -0.39 is 0 Å². The molecule has 2 N–H and O–H groups in total. The van der Waals surface area contributed by atoms with Crippen molar-refractivity contribution in [2.75, 3.05) is 5.32 Å². The summed E-state index contributed by atoms with van der Waals surface area (Å²) in [4.78, 5) is 15.6. The first kappa shape index (κ1) is 13.4. The van der Waals surface area contributed by atoms with Gasteiger partial charge in [-0.05, 0) is 44.0 Å². The fraction of sp³-hybridized carbons (Fsp3) is 0.167. The minimum absolute atomic E-state index is 0.110. The minimum atomic E-state index is -0.110. The lowest BCUT2D eigenvalue weighted by Crippen LogP contribution is -2.14. The van der Waals surface area contributed by atoms with Crippen molar-refractivity contribution < 1.29 is 4.79 Å². The number of rotatable bonds is 2. The Kier molecular flexibility index (Phi) is 3.26. The second-order valence-electron chi connectivity index (χ2n) is 5.50. The summed E-state index contributed by atoms with van der Waals surface area (Å²) in [5.41, 5.74) is 5.81. The fourth-order valence-corrected chi connectivity index (χ4v) is 2.75. The van der Waals surface area contributed by atoms with E-state index in [2.05, 4.69) is 29.4 Å². The first-order valence-corrected chi connectivity index (χ1v) is 7.01. The van der Waals surface area contributed by atoms with Crippen molar-refractivity contribution >= 4 is 22.5 Å². The molecule has 1 aromatic heterocycles. The molecule has 0 radical (unpaired) electrons. The molecule has 0 atom stereocenters. The number of fused-ring (bicyclic) bond motifs is 1. The summed E-state index contributed by atoms with van der Waals surface area (Å²) in [5.74, 6) is -0.110. The van der Waals surface area contributed by atoms with Crippen LogP contribution < -0.4 is 5.32 Å². The van der Waals surface area contributed by atoms with E-state index in [1.807, 2.05) is 44.2 Å². The molecule has 0 aliphatic heterocycles. The molecule has 0 aliphatic rings. The van der Waals surface area contributed by atoms with Crippen LogP contribution in [-0.2, 0) is 0 Å². The smallest absolute Gasteiger partial charge is 0.272 e. The van der Waals surface area contributed by atoms with E-state index in [-0.39, 0.29) is 5.91 Å². The van der Waals surface area contributed by atoms with E-state index in [9.17, 15) is 4.79 Å². The lowest BCUT2D eigenvalue weighted by molar-refractivity contribution is 0.102. The maximum atomic E-state index is 12.4. The predicted molar refractivity (Wildman–Crippen MR) is 86.9 cm³/mol. The number of carbonyl (C=O) groups excluding carboxylic acids is 1. The van der Waals surface area contributed by atoms with Crippen molar-refractivity contribution in [2.45, 2.75) is 20.8 Å². The van der Waals surface area contributed by atoms with Crippen LogP contribution in [0.5, 0.6) is 0 Å². The lowest BCUT2D eigenvalue weighted by atomic mass is 10.1. The van der Waals surface area contributed by atoms with Gasteiger partial charge < -0.3 is 10.3 Å². The first-order valence-electron chi connectivity index (χ1n) is 7.01. The number of H-pyrrole nitrogens is 1. The fourth-order valence-electron chi connectivity index (χ4n) is 2.75. The topological polar surface area (TPSA) is 44.9 Å². The monoisotopic (exact) mass is 278 g/mol. The quantitative estimate of drug-likeness (QED) is 0.719. The summed E-state index contributed by atoms with van der Waals surface area (Å²) in [7, 11) is 0. The highest BCUT2D eigenvalue weighted by atomic mass is 16.1. The molecule has 3 nitrogen and oxygen atoms in total.